The fourth-order valence-corrected chi connectivity index (χ4v) is 1.41. The highest BCUT2D eigenvalue weighted by Crippen LogP contribution is 2.14. The largest absolute Gasteiger partial charge is 0.340 e. The second-order valence-corrected chi connectivity index (χ2v) is 3.39. The molecule has 76 valence electrons. The van der Waals surface area contributed by atoms with Gasteiger partial charge in [0, 0.05) is 11.9 Å². The van der Waals surface area contributed by atoms with Crippen molar-refractivity contribution in [3.05, 3.63) is 54.2 Å². The predicted molar refractivity (Wildman–Crippen MR) is 63.3 cm³/mol. The average Bonchev–Trinajstić information content (AvgIpc) is 2.31. The number of rotatable bonds is 3. The zero-order valence-electron chi connectivity index (χ0n) is 8.77. The smallest absolute Gasteiger partial charge is 0.130 e. The molecule has 0 aliphatic heterocycles. The van der Waals surface area contributed by atoms with E-state index in [1.54, 1.807) is 6.20 Å². The van der Waals surface area contributed by atoms with Gasteiger partial charge in [-0.15, -0.1) is 0 Å². The number of pyridine rings is 1. The SMILES string of the molecule is CCc1ccc(Nc2ccccn2)cc1. The first-order valence-corrected chi connectivity index (χ1v) is 5.15. The molecule has 0 bridgehead atoms. The maximum Gasteiger partial charge on any atom is 0.130 e. The van der Waals surface area contributed by atoms with Crippen molar-refractivity contribution < 1.29 is 0 Å². The van der Waals surface area contributed by atoms with Gasteiger partial charge in [0.25, 0.3) is 0 Å². The number of nitrogens with zero attached hydrogens (tertiary/aromatic N) is 1. The Bertz CT molecular complexity index is 406. The molecule has 0 aliphatic rings. The van der Waals surface area contributed by atoms with Crippen LogP contribution in [0.5, 0.6) is 0 Å². The summed E-state index contributed by atoms with van der Waals surface area (Å²) >= 11 is 0. The minimum Gasteiger partial charge on any atom is -0.340 e. The number of benzene rings is 1. The van der Waals surface area contributed by atoms with Crippen molar-refractivity contribution in [3.8, 4) is 0 Å². The molecule has 1 heterocycles. The molecule has 0 radical (unpaired) electrons. The van der Waals surface area contributed by atoms with E-state index in [0.29, 0.717) is 0 Å². The van der Waals surface area contributed by atoms with Crippen molar-refractivity contribution in [1.29, 1.82) is 0 Å². The van der Waals surface area contributed by atoms with Crippen LogP contribution in [0, 0.1) is 0 Å². The van der Waals surface area contributed by atoms with Crippen LogP contribution in [0.1, 0.15) is 12.5 Å². The zero-order valence-corrected chi connectivity index (χ0v) is 8.77. The fraction of sp³-hybridized carbons (Fsp3) is 0.154. The topological polar surface area (TPSA) is 24.9 Å². The van der Waals surface area contributed by atoms with E-state index < -0.39 is 0 Å². The van der Waals surface area contributed by atoms with E-state index in [9.17, 15) is 0 Å². The molecule has 0 unspecified atom stereocenters. The summed E-state index contributed by atoms with van der Waals surface area (Å²) in [6, 6.07) is 14.2. The van der Waals surface area contributed by atoms with Crippen LogP contribution in [0.2, 0.25) is 0 Å². The van der Waals surface area contributed by atoms with Crippen LogP contribution in [0.15, 0.2) is 48.7 Å². The molecule has 0 spiro atoms. The summed E-state index contributed by atoms with van der Waals surface area (Å²) in [6.07, 6.45) is 2.85. The van der Waals surface area contributed by atoms with Crippen molar-refractivity contribution in [2.75, 3.05) is 5.32 Å². The van der Waals surface area contributed by atoms with E-state index in [-0.39, 0.29) is 0 Å². The molecule has 0 saturated carbocycles. The van der Waals surface area contributed by atoms with Crippen molar-refractivity contribution in [2.45, 2.75) is 13.3 Å². The Morgan fingerprint density at radius 2 is 1.87 bits per heavy atom. The van der Waals surface area contributed by atoms with Gasteiger partial charge in [0.1, 0.15) is 5.82 Å². The van der Waals surface area contributed by atoms with Crippen LogP contribution in [-0.4, -0.2) is 4.98 Å². The van der Waals surface area contributed by atoms with Crippen molar-refractivity contribution in [1.82, 2.24) is 4.98 Å². The third-order valence-electron chi connectivity index (χ3n) is 2.30. The van der Waals surface area contributed by atoms with Gasteiger partial charge in [-0.3, -0.25) is 0 Å². The van der Waals surface area contributed by atoms with E-state index in [1.165, 1.54) is 5.56 Å². The van der Waals surface area contributed by atoms with E-state index in [1.807, 2.05) is 18.2 Å². The van der Waals surface area contributed by atoms with Crippen molar-refractivity contribution >= 4 is 11.5 Å². The van der Waals surface area contributed by atoms with E-state index in [2.05, 4.69) is 41.5 Å². The Kier molecular flexibility index (Phi) is 2.98. The summed E-state index contributed by atoms with van der Waals surface area (Å²) in [5, 5.41) is 3.24. The van der Waals surface area contributed by atoms with Gasteiger partial charge in [-0.25, -0.2) is 4.98 Å². The zero-order chi connectivity index (χ0) is 10.5. The Morgan fingerprint density at radius 1 is 1.07 bits per heavy atom. The third kappa shape index (κ3) is 2.56. The Balaban J connectivity index is 2.11. The summed E-state index contributed by atoms with van der Waals surface area (Å²) in [6.45, 7) is 2.15. The molecular formula is C13H14N2. The molecular weight excluding hydrogens is 184 g/mol. The monoisotopic (exact) mass is 198 g/mol. The standard InChI is InChI=1S/C13H14N2/c1-2-11-6-8-12(9-7-11)15-13-5-3-4-10-14-13/h3-10H,2H2,1H3,(H,14,15). The van der Waals surface area contributed by atoms with Crippen molar-refractivity contribution in [3.63, 3.8) is 0 Å². The van der Waals surface area contributed by atoms with Crippen LogP contribution in [0.4, 0.5) is 11.5 Å². The normalized spacial score (nSPS) is 9.93. The molecule has 2 rings (SSSR count). The maximum absolute atomic E-state index is 4.21. The number of hydrogen-bond acceptors (Lipinski definition) is 2. The molecule has 0 amide bonds. The first-order valence-electron chi connectivity index (χ1n) is 5.15. The molecule has 15 heavy (non-hydrogen) atoms. The highest BCUT2D eigenvalue weighted by atomic mass is 15.0. The van der Waals surface area contributed by atoms with Crippen LogP contribution < -0.4 is 5.32 Å². The number of nitrogens with one attached hydrogen (secondary N) is 1. The molecule has 2 heteroatoms. The third-order valence-corrected chi connectivity index (χ3v) is 2.30. The van der Waals surface area contributed by atoms with Crippen molar-refractivity contribution in [2.24, 2.45) is 0 Å². The van der Waals surface area contributed by atoms with Gasteiger partial charge in [0.05, 0.1) is 0 Å². The van der Waals surface area contributed by atoms with E-state index in [0.717, 1.165) is 17.9 Å². The van der Waals surface area contributed by atoms with Gasteiger partial charge in [0.15, 0.2) is 0 Å². The molecule has 2 nitrogen and oxygen atoms in total. The lowest BCUT2D eigenvalue weighted by atomic mass is 10.1. The van der Waals surface area contributed by atoms with E-state index >= 15 is 0 Å². The van der Waals surface area contributed by atoms with Crippen LogP contribution in [0.25, 0.3) is 0 Å². The number of hydrogen-bond donors (Lipinski definition) is 1. The number of anilines is 2. The second-order valence-electron chi connectivity index (χ2n) is 3.39. The molecule has 1 N–H and O–H groups in total. The second kappa shape index (κ2) is 4.60. The summed E-state index contributed by atoms with van der Waals surface area (Å²) in [7, 11) is 0. The molecule has 0 aliphatic carbocycles. The molecule has 1 aromatic heterocycles. The Labute approximate surface area is 90.0 Å². The van der Waals surface area contributed by atoms with E-state index in [4.69, 9.17) is 0 Å². The molecule has 0 saturated heterocycles. The molecule has 2 aromatic rings. The maximum atomic E-state index is 4.21. The number of aromatic nitrogens is 1. The number of aryl methyl sites for hydroxylation is 1. The quantitative estimate of drug-likeness (QED) is 0.817. The highest BCUT2D eigenvalue weighted by molar-refractivity contribution is 5.55. The van der Waals surface area contributed by atoms with Gasteiger partial charge in [-0.2, -0.15) is 0 Å². The average molecular weight is 198 g/mol. The lowest BCUT2D eigenvalue weighted by Gasteiger charge is -2.05. The molecule has 0 fully saturated rings. The van der Waals surface area contributed by atoms with Crippen LogP contribution in [0.3, 0.4) is 0 Å². The summed E-state index contributed by atoms with van der Waals surface area (Å²) in [5.74, 6) is 0.877. The van der Waals surface area contributed by atoms with Gasteiger partial charge in [0.2, 0.25) is 0 Å². The fourth-order valence-electron chi connectivity index (χ4n) is 1.41. The summed E-state index contributed by atoms with van der Waals surface area (Å²) in [5.41, 5.74) is 2.42. The lowest BCUT2D eigenvalue weighted by molar-refractivity contribution is 1.14. The summed E-state index contributed by atoms with van der Waals surface area (Å²) in [4.78, 5) is 4.21. The lowest BCUT2D eigenvalue weighted by Crippen LogP contribution is -1.92. The Hall–Kier alpha value is -1.83. The minimum absolute atomic E-state index is 0.877. The van der Waals surface area contributed by atoms with Gasteiger partial charge >= 0.3 is 0 Å². The van der Waals surface area contributed by atoms with Crippen LogP contribution in [-0.2, 0) is 6.42 Å². The van der Waals surface area contributed by atoms with Gasteiger partial charge < -0.3 is 5.32 Å². The first-order chi connectivity index (χ1) is 7.38. The predicted octanol–water partition coefficient (Wildman–Crippen LogP) is 3.39. The highest BCUT2D eigenvalue weighted by Gasteiger charge is 1.94. The molecule has 1 aromatic carbocycles. The molecule has 0 atom stereocenters. The first kappa shape index (κ1) is 9.71. The minimum atomic E-state index is 0.877. The Morgan fingerprint density at radius 3 is 2.47 bits per heavy atom. The van der Waals surface area contributed by atoms with Gasteiger partial charge in [-0.05, 0) is 36.2 Å². The van der Waals surface area contributed by atoms with Gasteiger partial charge in [-0.1, -0.05) is 25.1 Å². The summed E-state index contributed by atoms with van der Waals surface area (Å²) < 4.78 is 0. The van der Waals surface area contributed by atoms with Crippen LogP contribution >= 0.6 is 0 Å².